The Kier molecular flexibility index (Phi) is 3.73. The highest BCUT2D eigenvalue weighted by Gasteiger charge is 2.25. The monoisotopic (exact) mass is 343 g/mol. The van der Waals surface area contributed by atoms with Gasteiger partial charge in [-0.15, -0.1) is 0 Å². The molecule has 0 saturated heterocycles. The molecule has 1 unspecified atom stereocenters. The molecule has 4 heterocycles. The zero-order valence-corrected chi connectivity index (χ0v) is 14.0. The van der Waals surface area contributed by atoms with Gasteiger partial charge in [0.25, 0.3) is 0 Å². The number of rotatable bonds is 4. The lowest BCUT2D eigenvalue weighted by Crippen LogP contribution is -2.25. The lowest BCUT2D eigenvalue weighted by atomic mass is 10.1. The molecule has 0 aromatic carbocycles. The number of thioether (sulfide) groups is 1. The maximum absolute atomic E-state index is 11.8. The average molecular weight is 343 g/mol. The van der Waals surface area contributed by atoms with Gasteiger partial charge in [0, 0.05) is 30.1 Å². The number of ketones is 1. The summed E-state index contributed by atoms with van der Waals surface area (Å²) < 4.78 is 1.86. The van der Waals surface area contributed by atoms with Gasteiger partial charge in [-0.2, -0.15) is 0 Å². The standard InChI is InChI=1S/C16H13N3O2S2/c1-10-4-6-13(22-10)14-9-17-16(23-14)18-21-15-7-5-12(20)11-3-2-8-19(11)15/h2-3,8-9,15H,5,7H2,1H3,(H,17,18). The first-order chi connectivity index (χ1) is 11.2. The molecule has 1 atom stereocenters. The van der Waals surface area contributed by atoms with Crippen LogP contribution in [-0.2, 0) is 4.84 Å². The van der Waals surface area contributed by atoms with E-state index in [1.165, 1.54) is 11.3 Å². The van der Waals surface area contributed by atoms with Crippen LogP contribution in [0.4, 0.5) is 5.13 Å². The lowest BCUT2D eigenvalue weighted by Gasteiger charge is -2.24. The minimum Gasteiger partial charge on any atom is -0.316 e. The van der Waals surface area contributed by atoms with Gasteiger partial charge in [0.1, 0.15) is 0 Å². The predicted molar refractivity (Wildman–Crippen MR) is 91.1 cm³/mol. The van der Waals surface area contributed by atoms with Gasteiger partial charge in [0.2, 0.25) is 5.13 Å². The van der Waals surface area contributed by atoms with E-state index in [0.717, 1.165) is 14.7 Å². The van der Waals surface area contributed by atoms with Crippen LogP contribution in [0.5, 0.6) is 0 Å². The number of fused-ring (bicyclic) bond motifs is 1. The Bertz CT molecular complexity index is 883. The van der Waals surface area contributed by atoms with Gasteiger partial charge < -0.3 is 4.57 Å². The quantitative estimate of drug-likeness (QED) is 0.666. The highest BCUT2D eigenvalue weighted by Crippen LogP contribution is 2.38. The Hall–Kier alpha value is -2.01. The summed E-state index contributed by atoms with van der Waals surface area (Å²) in [5, 5.41) is 0.685. The zero-order chi connectivity index (χ0) is 15.8. The maximum Gasteiger partial charge on any atom is 0.207 e. The van der Waals surface area contributed by atoms with Crippen molar-refractivity contribution in [1.82, 2.24) is 9.55 Å². The first-order valence-corrected chi connectivity index (χ1v) is 8.82. The van der Waals surface area contributed by atoms with E-state index in [1.807, 2.05) is 29.8 Å². The van der Waals surface area contributed by atoms with Gasteiger partial charge in [-0.1, -0.05) is 34.6 Å². The Labute approximate surface area is 141 Å². The molecule has 0 bridgehead atoms. The number of hydrogen-bond acceptors (Lipinski definition) is 6. The number of hydrogen-bond donors (Lipinski definition) is 1. The Morgan fingerprint density at radius 3 is 3.22 bits per heavy atom. The molecule has 4 rings (SSSR count). The predicted octanol–water partition coefficient (Wildman–Crippen LogP) is 4.21. The van der Waals surface area contributed by atoms with E-state index in [0.29, 0.717) is 23.7 Å². The second kappa shape index (κ2) is 5.89. The summed E-state index contributed by atoms with van der Waals surface area (Å²) in [4.78, 5) is 25.1. The summed E-state index contributed by atoms with van der Waals surface area (Å²) in [7, 11) is 0. The van der Waals surface area contributed by atoms with Crippen LogP contribution in [0.3, 0.4) is 0 Å². The Balaban J connectivity index is 1.45. The number of nitrogens with zero attached hydrogens (tertiary/aromatic N) is 2. The number of thiazole rings is 1. The number of allylic oxidation sites excluding steroid dienone is 1. The van der Waals surface area contributed by atoms with Crippen LogP contribution >= 0.6 is 23.1 Å². The molecule has 0 spiro atoms. The van der Waals surface area contributed by atoms with Gasteiger partial charge in [0.15, 0.2) is 12.0 Å². The van der Waals surface area contributed by atoms with Crippen LogP contribution in [0.2, 0.25) is 0 Å². The van der Waals surface area contributed by atoms with E-state index in [-0.39, 0.29) is 12.0 Å². The van der Waals surface area contributed by atoms with Crippen molar-refractivity contribution in [3.05, 3.63) is 51.5 Å². The first-order valence-electron chi connectivity index (χ1n) is 7.19. The van der Waals surface area contributed by atoms with Gasteiger partial charge in [-0.3, -0.25) is 4.79 Å². The minimum absolute atomic E-state index is 0.159. The summed E-state index contributed by atoms with van der Waals surface area (Å²) in [6.07, 6.45) is 4.62. The lowest BCUT2D eigenvalue weighted by molar-refractivity contribution is 0.0234. The zero-order valence-electron chi connectivity index (χ0n) is 12.3. The molecule has 5 nitrogen and oxygen atoms in total. The number of Topliss-reactive ketones (excluding diaryl/α,β-unsaturated/α-hetero) is 1. The molecule has 0 aliphatic carbocycles. The van der Waals surface area contributed by atoms with Crippen molar-refractivity contribution in [2.24, 2.45) is 0 Å². The molecule has 2 aromatic heterocycles. The number of carbonyl (C=O) groups excluding carboxylic acids is 1. The second-order valence-corrected chi connectivity index (χ2v) is 7.46. The average Bonchev–Trinajstić information content (AvgIpc) is 3.26. The molecule has 7 heteroatoms. The summed E-state index contributed by atoms with van der Waals surface area (Å²) in [6, 6.07) is 3.69. The van der Waals surface area contributed by atoms with E-state index in [4.69, 9.17) is 4.84 Å². The van der Waals surface area contributed by atoms with Gasteiger partial charge in [-0.05, 0) is 19.1 Å². The van der Waals surface area contributed by atoms with Crippen LogP contribution in [-0.4, -0.2) is 15.3 Å². The first kappa shape index (κ1) is 14.6. The van der Waals surface area contributed by atoms with E-state index in [9.17, 15) is 4.79 Å². The smallest absolute Gasteiger partial charge is 0.207 e. The van der Waals surface area contributed by atoms with Crippen molar-refractivity contribution in [2.75, 3.05) is 5.48 Å². The number of aromatic nitrogens is 2. The SMILES string of the molecule is CC1=C=C=C(c2cnc(NOC3CCC(=O)c4cccn43)s2)S1. The Morgan fingerprint density at radius 2 is 2.39 bits per heavy atom. The van der Waals surface area contributed by atoms with E-state index >= 15 is 0 Å². The molecule has 116 valence electrons. The molecule has 2 aromatic rings. The van der Waals surface area contributed by atoms with Gasteiger partial charge in [-0.25, -0.2) is 15.3 Å². The van der Waals surface area contributed by atoms with Crippen LogP contribution in [0.25, 0.3) is 4.91 Å². The molecular weight excluding hydrogens is 330 g/mol. The van der Waals surface area contributed by atoms with Crippen molar-refractivity contribution in [3.8, 4) is 0 Å². The third kappa shape index (κ3) is 2.81. The molecular formula is C16H13N3O2S2. The van der Waals surface area contributed by atoms with E-state index < -0.39 is 0 Å². The summed E-state index contributed by atoms with van der Waals surface area (Å²) in [5.74, 6) is 0.159. The van der Waals surface area contributed by atoms with Crippen molar-refractivity contribution in [3.63, 3.8) is 0 Å². The maximum atomic E-state index is 11.8. The minimum atomic E-state index is -0.200. The molecule has 0 amide bonds. The highest BCUT2D eigenvalue weighted by molar-refractivity contribution is 8.12. The van der Waals surface area contributed by atoms with Crippen molar-refractivity contribution in [1.29, 1.82) is 0 Å². The summed E-state index contributed by atoms with van der Waals surface area (Å²) >= 11 is 3.15. The largest absolute Gasteiger partial charge is 0.316 e. The van der Waals surface area contributed by atoms with Crippen molar-refractivity contribution >= 4 is 38.9 Å². The Morgan fingerprint density at radius 1 is 1.48 bits per heavy atom. The number of nitrogens with one attached hydrogen (secondary N) is 1. The van der Waals surface area contributed by atoms with Gasteiger partial charge >= 0.3 is 0 Å². The van der Waals surface area contributed by atoms with E-state index in [2.05, 4.69) is 21.9 Å². The van der Waals surface area contributed by atoms with E-state index in [1.54, 1.807) is 18.0 Å². The molecule has 23 heavy (non-hydrogen) atoms. The van der Waals surface area contributed by atoms with Crippen molar-refractivity contribution < 1.29 is 9.63 Å². The van der Waals surface area contributed by atoms with Crippen LogP contribution in [0, 0.1) is 0 Å². The van der Waals surface area contributed by atoms with Crippen molar-refractivity contribution in [2.45, 2.75) is 26.0 Å². The van der Waals surface area contributed by atoms with Gasteiger partial charge in [0.05, 0.1) is 15.5 Å². The molecule has 0 saturated carbocycles. The number of anilines is 1. The summed E-state index contributed by atoms with van der Waals surface area (Å²) in [5.41, 5.74) is 9.78. The van der Waals surface area contributed by atoms with Crippen LogP contribution in [0.1, 0.15) is 41.4 Å². The molecule has 2 aliphatic rings. The number of carbonyl (C=O) groups is 1. The summed E-state index contributed by atoms with van der Waals surface area (Å²) in [6.45, 7) is 2.01. The van der Waals surface area contributed by atoms with Crippen LogP contribution < -0.4 is 5.48 Å². The molecule has 0 radical (unpaired) electrons. The third-order valence-corrected chi connectivity index (χ3v) is 5.59. The topological polar surface area (TPSA) is 56.2 Å². The fourth-order valence-corrected chi connectivity index (χ4v) is 4.09. The van der Waals surface area contributed by atoms with Crippen LogP contribution in [0.15, 0.2) is 40.9 Å². The fraction of sp³-hybridized carbons (Fsp3) is 0.250. The third-order valence-electron chi connectivity index (χ3n) is 3.61. The fourth-order valence-electron chi connectivity index (χ4n) is 2.52. The second-order valence-electron chi connectivity index (χ2n) is 5.20. The highest BCUT2D eigenvalue weighted by atomic mass is 32.2. The molecule has 2 aliphatic heterocycles. The normalized spacial score (nSPS) is 19.5. The molecule has 0 fully saturated rings. The molecule has 1 N–H and O–H groups in total.